The van der Waals surface area contributed by atoms with Crippen LogP contribution < -0.4 is 10.1 Å². The Morgan fingerprint density at radius 2 is 2.25 bits per heavy atom. The largest absolute Gasteiger partial charge is 0.493 e. The summed E-state index contributed by atoms with van der Waals surface area (Å²) in [7, 11) is 0. The third kappa shape index (κ3) is 3.13. The molecule has 1 aliphatic rings. The van der Waals surface area contributed by atoms with Crippen molar-refractivity contribution in [1.29, 1.82) is 0 Å². The molecule has 0 saturated carbocycles. The maximum Gasteiger partial charge on any atom is 0.122 e. The van der Waals surface area contributed by atoms with Crippen LogP contribution in [0.3, 0.4) is 0 Å². The molecule has 2 rings (SSSR count). The van der Waals surface area contributed by atoms with Crippen molar-refractivity contribution in [2.75, 3.05) is 25.6 Å². The summed E-state index contributed by atoms with van der Waals surface area (Å²) in [4.78, 5) is 0. The van der Waals surface area contributed by atoms with Gasteiger partial charge in [0.05, 0.1) is 6.61 Å². The number of nitrogens with one attached hydrogen (secondary N) is 1. The highest BCUT2D eigenvalue weighted by Gasteiger charge is 2.11. The van der Waals surface area contributed by atoms with Crippen molar-refractivity contribution in [3.63, 3.8) is 0 Å². The van der Waals surface area contributed by atoms with Gasteiger partial charge in [-0.1, -0.05) is 12.1 Å². The van der Waals surface area contributed by atoms with Gasteiger partial charge in [0.1, 0.15) is 5.75 Å². The molecule has 16 heavy (non-hydrogen) atoms. The van der Waals surface area contributed by atoms with E-state index in [0.717, 1.165) is 50.6 Å². The SMILES string of the molecule is ClCCCNCCc1ccc2c(c1)CCO2. The summed E-state index contributed by atoms with van der Waals surface area (Å²) in [5.74, 6) is 1.81. The standard InChI is InChI=1S/C13H18ClNO/c14-6-1-7-15-8-4-11-2-3-13-12(10-11)5-9-16-13/h2-3,10,15H,1,4-9H2. The first-order valence-electron chi connectivity index (χ1n) is 5.91. The summed E-state index contributed by atoms with van der Waals surface area (Å²) in [6.45, 7) is 2.88. The Balaban J connectivity index is 1.77. The van der Waals surface area contributed by atoms with E-state index in [2.05, 4.69) is 23.5 Å². The second-order valence-electron chi connectivity index (χ2n) is 4.08. The first-order chi connectivity index (χ1) is 7.90. The molecule has 0 radical (unpaired) electrons. The molecule has 0 fully saturated rings. The predicted octanol–water partition coefficient (Wildman–Crippen LogP) is 2.38. The number of alkyl halides is 1. The van der Waals surface area contributed by atoms with E-state index in [-0.39, 0.29) is 0 Å². The van der Waals surface area contributed by atoms with Crippen LogP contribution in [0.5, 0.6) is 5.75 Å². The van der Waals surface area contributed by atoms with Crippen LogP contribution >= 0.6 is 11.6 Å². The molecule has 0 bridgehead atoms. The second kappa shape index (κ2) is 6.12. The maximum absolute atomic E-state index is 5.61. The number of rotatable bonds is 6. The van der Waals surface area contributed by atoms with Gasteiger partial charge in [0, 0.05) is 12.3 Å². The van der Waals surface area contributed by atoms with E-state index >= 15 is 0 Å². The average molecular weight is 240 g/mol. The summed E-state index contributed by atoms with van der Waals surface area (Å²) in [6, 6.07) is 6.52. The molecule has 0 amide bonds. The number of halogens is 1. The van der Waals surface area contributed by atoms with E-state index < -0.39 is 0 Å². The van der Waals surface area contributed by atoms with Crippen molar-refractivity contribution in [2.45, 2.75) is 19.3 Å². The Kier molecular flexibility index (Phi) is 4.49. The number of benzene rings is 1. The lowest BCUT2D eigenvalue weighted by Crippen LogP contribution is -2.18. The highest BCUT2D eigenvalue weighted by molar-refractivity contribution is 6.17. The molecule has 0 atom stereocenters. The number of hydrogen-bond acceptors (Lipinski definition) is 2. The lowest BCUT2D eigenvalue weighted by Gasteiger charge is -2.05. The van der Waals surface area contributed by atoms with Crippen LogP contribution in [-0.4, -0.2) is 25.6 Å². The molecule has 1 aromatic rings. The van der Waals surface area contributed by atoms with Crippen LogP contribution in [0.4, 0.5) is 0 Å². The zero-order valence-electron chi connectivity index (χ0n) is 9.47. The normalized spacial score (nSPS) is 13.6. The van der Waals surface area contributed by atoms with E-state index in [4.69, 9.17) is 16.3 Å². The van der Waals surface area contributed by atoms with Crippen LogP contribution in [0, 0.1) is 0 Å². The van der Waals surface area contributed by atoms with Gasteiger partial charge < -0.3 is 10.1 Å². The van der Waals surface area contributed by atoms with E-state index in [9.17, 15) is 0 Å². The Bertz CT molecular complexity index is 341. The van der Waals surface area contributed by atoms with Crippen LogP contribution in [0.15, 0.2) is 18.2 Å². The van der Waals surface area contributed by atoms with Gasteiger partial charge in [0.15, 0.2) is 0 Å². The Hall–Kier alpha value is -0.730. The summed E-state index contributed by atoms with van der Waals surface area (Å²) in [5, 5.41) is 3.39. The highest BCUT2D eigenvalue weighted by atomic mass is 35.5. The van der Waals surface area contributed by atoms with Gasteiger partial charge >= 0.3 is 0 Å². The van der Waals surface area contributed by atoms with Gasteiger partial charge in [-0.05, 0) is 43.1 Å². The Morgan fingerprint density at radius 3 is 3.12 bits per heavy atom. The molecule has 88 valence electrons. The smallest absolute Gasteiger partial charge is 0.122 e. The third-order valence-electron chi connectivity index (χ3n) is 2.83. The van der Waals surface area contributed by atoms with Gasteiger partial charge in [-0.25, -0.2) is 0 Å². The first kappa shape index (κ1) is 11.7. The second-order valence-corrected chi connectivity index (χ2v) is 4.46. The molecule has 1 N–H and O–H groups in total. The van der Waals surface area contributed by atoms with Crippen molar-refractivity contribution in [3.05, 3.63) is 29.3 Å². The quantitative estimate of drug-likeness (QED) is 0.608. The van der Waals surface area contributed by atoms with Gasteiger partial charge in [-0.3, -0.25) is 0 Å². The Morgan fingerprint density at radius 1 is 1.31 bits per heavy atom. The molecular formula is C13H18ClNO. The fraction of sp³-hybridized carbons (Fsp3) is 0.538. The summed E-state index contributed by atoms with van der Waals surface area (Å²) >= 11 is 5.61. The van der Waals surface area contributed by atoms with E-state index in [1.807, 2.05) is 0 Å². The molecule has 1 heterocycles. The molecular weight excluding hydrogens is 222 g/mol. The topological polar surface area (TPSA) is 21.3 Å². The van der Waals surface area contributed by atoms with E-state index in [1.54, 1.807) is 0 Å². The minimum Gasteiger partial charge on any atom is -0.493 e. The summed E-state index contributed by atoms with van der Waals surface area (Å²) < 4.78 is 5.48. The summed E-state index contributed by atoms with van der Waals surface area (Å²) in [5.41, 5.74) is 2.75. The van der Waals surface area contributed by atoms with Crippen molar-refractivity contribution in [2.24, 2.45) is 0 Å². The number of fused-ring (bicyclic) bond motifs is 1. The van der Waals surface area contributed by atoms with Crippen molar-refractivity contribution >= 4 is 11.6 Å². The molecule has 0 spiro atoms. The predicted molar refractivity (Wildman–Crippen MR) is 67.6 cm³/mol. The van der Waals surface area contributed by atoms with Crippen molar-refractivity contribution in [1.82, 2.24) is 5.32 Å². The monoisotopic (exact) mass is 239 g/mol. The molecule has 3 heteroatoms. The van der Waals surface area contributed by atoms with Crippen molar-refractivity contribution in [3.8, 4) is 5.75 Å². The molecule has 1 aliphatic heterocycles. The lowest BCUT2D eigenvalue weighted by molar-refractivity contribution is 0.357. The summed E-state index contributed by atoms with van der Waals surface area (Å²) in [6.07, 6.45) is 3.18. The lowest BCUT2D eigenvalue weighted by atomic mass is 10.1. The van der Waals surface area contributed by atoms with E-state index in [1.165, 1.54) is 11.1 Å². The zero-order chi connectivity index (χ0) is 11.2. The number of ether oxygens (including phenoxy) is 1. The Labute approximate surface area is 102 Å². The fourth-order valence-corrected chi connectivity index (χ4v) is 2.08. The molecule has 1 aromatic carbocycles. The van der Waals surface area contributed by atoms with Gasteiger partial charge in [-0.15, -0.1) is 11.6 Å². The van der Waals surface area contributed by atoms with Crippen molar-refractivity contribution < 1.29 is 4.74 Å². The fourth-order valence-electron chi connectivity index (χ4n) is 1.94. The third-order valence-corrected chi connectivity index (χ3v) is 3.10. The molecule has 0 unspecified atom stereocenters. The van der Waals surface area contributed by atoms with Gasteiger partial charge in [0.2, 0.25) is 0 Å². The van der Waals surface area contributed by atoms with Crippen LogP contribution in [0.1, 0.15) is 17.5 Å². The molecule has 0 saturated heterocycles. The molecule has 0 aromatic heterocycles. The van der Waals surface area contributed by atoms with Crippen LogP contribution in [0.2, 0.25) is 0 Å². The zero-order valence-corrected chi connectivity index (χ0v) is 10.2. The minimum atomic E-state index is 0.739. The average Bonchev–Trinajstić information content (AvgIpc) is 2.76. The van der Waals surface area contributed by atoms with Crippen LogP contribution in [0.25, 0.3) is 0 Å². The van der Waals surface area contributed by atoms with Gasteiger partial charge in [-0.2, -0.15) is 0 Å². The number of hydrogen-bond donors (Lipinski definition) is 1. The van der Waals surface area contributed by atoms with Gasteiger partial charge in [0.25, 0.3) is 0 Å². The highest BCUT2D eigenvalue weighted by Crippen LogP contribution is 2.25. The van der Waals surface area contributed by atoms with E-state index in [0.29, 0.717) is 0 Å². The maximum atomic E-state index is 5.61. The van der Waals surface area contributed by atoms with Crippen LogP contribution in [-0.2, 0) is 12.8 Å². The minimum absolute atomic E-state index is 0.739. The molecule has 2 nitrogen and oxygen atoms in total. The first-order valence-corrected chi connectivity index (χ1v) is 6.45. The molecule has 0 aliphatic carbocycles.